The number of aromatic amines is 1. The van der Waals surface area contributed by atoms with Gasteiger partial charge in [0, 0.05) is 48.6 Å². The van der Waals surface area contributed by atoms with Gasteiger partial charge in [0.05, 0.1) is 5.69 Å². The third kappa shape index (κ3) is 4.73. The Morgan fingerprint density at radius 1 is 0.971 bits per heavy atom. The zero-order valence-electron chi connectivity index (χ0n) is 18.9. The van der Waals surface area contributed by atoms with E-state index in [1.165, 1.54) is 17.3 Å². The molecule has 2 amide bonds. The fraction of sp³-hybridized carbons (Fsp3) is 0.214. The second-order valence-corrected chi connectivity index (χ2v) is 9.49. The summed E-state index contributed by atoms with van der Waals surface area (Å²) >= 11 is 1.32. The molecule has 5 nitrogen and oxygen atoms in total. The summed E-state index contributed by atoms with van der Waals surface area (Å²) in [6.45, 7) is 1.67. The number of para-hydroxylation sites is 1. The van der Waals surface area contributed by atoms with Crippen molar-refractivity contribution in [3.05, 3.63) is 96.1 Å². The third-order valence-electron chi connectivity index (χ3n) is 6.32. The largest absolute Gasteiger partial charge is 0.355 e. The molecule has 34 heavy (non-hydrogen) atoms. The molecular formula is C28H27N3O2S. The number of aromatic nitrogens is 1. The number of rotatable bonds is 8. The molecule has 6 heteroatoms. The van der Waals surface area contributed by atoms with Crippen molar-refractivity contribution < 1.29 is 9.59 Å². The Balaban J connectivity index is 1.46. The first-order valence-electron chi connectivity index (χ1n) is 11.6. The number of carbonyl (C=O) groups excluding carboxylic acids is 2. The molecule has 3 aromatic carbocycles. The molecule has 1 aliphatic rings. The molecule has 2 heterocycles. The van der Waals surface area contributed by atoms with Gasteiger partial charge in [0.2, 0.25) is 5.91 Å². The van der Waals surface area contributed by atoms with E-state index < -0.39 is 0 Å². The van der Waals surface area contributed by atoms with Crippen molar-refractivity contribution in [2.24, 2.45) is 0 Å². The van der Waals surface area contributed by atoms with Crippen molar-refractivity contribution in [2.45, 2.75) is 12.3 Å². The van der Waals surface area contributed by atoms with Gasteiger partial charge in [-0.15, -0.1) is 0 Å². The van der Waals surface area contributed by atoms with Crippen LogP contribution in [-0.2, 0) is 4.79 Å². The van der Waals surface area contributed by atoms with Gasteiger partial charge in [-0.2, -0.15) is 0 Å². The highest BCUT2D eigenvalue weighted by Crippen LogP contribution is 2.38. The standard InChI is InChI=1S/C28H27N3O2S/c32-25(15-16-31-17-18-34-28(31)33)29-19-23(20-9-3-1-4-10-20)26-22-13-7-8-14-24(22)30-27(26)21-11-5-2-6-12-21/h1-14,23,30H,15-19H2,(H,29,32). The van der Waals surface area contributed by atoms with Crippen LogP contribution in [0.1, 0.15) is 23.5 Å². The molecule has 1 saturated heterocycles. The molecule has 1 fully saturated rings. The number of H-pyrrole nitrogens is 1. The molecule has 0 bridgehead atoms. The lowest BCUT2D eigenvalue weighted by Gasteiger charge is -2.21. The van der Waals surface area contributed by atoms with Crippen molar-refractivity contribution in [3.63, 3.8) is 0 Å². The number of hydrogen-bond donors (Lipinski definition) is 2. The Kier molecular flexibility index (Phi) is 6.67. The summed E-state index contributed by atoms with van der Waals surface area (Å²) in [4.78, 5) is 30.0. The molecule has 1 atom stereocenters. The second kappa shape index (κ2) is 10.2. The smallest absolute Gasteiger partial charge is 0.281 e. The third-order valence-corrected chi connectivity index (χ3v) is 7.21. The topological polar surface area (TPSA) is 65.2 Å². The lowest BCUT2D eigenvalue weighted by atomic mass is 9.87. The molecule has 0 saturated carbocycles. The van der Waals surface area contributed by atoms with E-state index >= 15 is 0 Å². The molecule has 4 aromatic rings. The summed E-state index contributed by atoms with van der Waals surface area (Å²) in [6.07, 6.45) is 0.313. The number of hydrogen-bond acceptors (Lipinski definition) is 3. The second-order valence-electron chi connectivity index (χ2n) is 8.44. The summed E-state index contributed by atoms with van der Waals surface area (Å²) < 4.78 is 0. The van der Waals surface area contributed by atoms with Crippen molar-refractivity contribution in [1.82, 2.24) is 15.2 Å². The summed E-state index contributed by atoms with van der Waals surface area (Å²) in [5.41, 5.74) is 5.60. The summed E-state index contributed by atoms with van der Waals surface area (Å²) in [6, 6.07) is 29.0. The monoisotopic (exact) mass is 469 g/mol. The van der Waals surface area contributed by atoms with Gasteiger partial charge in [-0.3, -0.25) is 9.59 Å². The Bertz CT molecular complexity index is 1290. The van der Waals surface area contributed by atoms with Crippen LogP contribution >= 0.6 is 11.8 Å². The maximum absolute atomic E-state index is 12.8. The highest BCUT2D eigenvalue weighted by molar-refractivity contribution is 8.13. The van der Waals surface area contributed by atoms with Gasteiger partial charge in [-0.25, -0.2) is 0 Å². The number of amides is 2. The number of nitrogens with one attached hydrogen (secondary N) is 2. The molecule has 1 aliphatic heterocycles. The Labute approximate surface area is 203 Å². The van der Waals surface area contributed by atoms with E-state index in [0.29, 0.717) is 19.5 Å². The zero-order valence-corrected chi connectivity index (χ0v) is 19.7. The number of nitrogens with zero attached hydrogens (tertiary/aromatic N) is 1. The molecule has 2 N–H and O–H groups in total. The Morgan fingerprint density at radius 3 is 2.41 bits per heavy atom. The van der Waals surface area contributed by atoms with Gasteiger partial charge in [0.15, 0.2) is 0 Å². The van der Waals surface area contributed by atoms with Crippen LogP contribution in [0.2, 0.25) is 0 Å². The van der Waals surface area contributed by atoms with E-state index in [4.69, 9.17) is 0 Å². The molecule has 0 spiro atoms. The van der Waals surface area contributed by atoms with E-state index in [0.717, 1.165) is 40.0 Å². The van der Waals surface area contributed by atoms with Crippen molar-refractivity contribution >= 4 is 33.8 Å². The minimum atomic E-state index is -0.0354. The first-order valence-corrected chi connectivity index (χ1v) is 12.6. The van der Waals surface area contributed by atoms with Gasteiger partial charge in [-0.1, -0.05) is 90.6 Å². The Hall–Kier alpha value is -3.51. The lowest BCUT2D eigenvalue weighted by Crippen LogP contribution is -2.33. The van der Waals surface area contributed by atoms with Crippen LogP contribution in [0.15, 0.2) is 84.9 Å². The molecular weight excluding hydrogens is 442 g/mol. The van der Waals surface area contributed by atoms with Gasteiger partial charge >= 0.3 is 0 Å². The van der Waals surface area contributed by atoms with Gasteiger partial charge in [-0.05, 0) is 22.8 Å². The van der Waals surface area contributed by atoms with Gasteiger partial charge < -0.3 is 15.2 Å². The van der Waals surface area contributed by atoms with Crippen LogP contribution in [0, 0.1) is 0 Å². The maximum atomic E-state index is 12.8. The van der Waals surface area contributed by atoms with E-state index in [1.54, 1.807) is 4.90 Å². The quantitative estimate of drug-likeness (QED) is 0.351. The van der Waals surface area contributed by atoms with Crippen LogP contribution < -0.4 is 5.32 Å². The average Bonchev–Trinajstić information content (AvgIpc) is 3.47. The Morgan fingerprint density at radius 2 is 1.68 bits per heavy atom. The van der Waals surface area contributed by atoms with Gasteiger partial charge in [0.25, 0.3) is 5.24 Å². The average molecular weight is 470 g/mol. The minimum absolute atomic E-state index is 0.0273. The number of benzene rings is 3. The van der Waals surface area contributed by atoms with Crippen LogP contribution in [0.25, 0.3) is 22.2 Å². The summed E-state index contributed by atoms with van der Waals surface area (Å²) in [7, 11) is 0. The molecule has 0 aliphatic carbocycles. The van der Waals surface area contributed by atoms with Crippen LogP contribution in [-0.4, -0.2) is 46.4 Å². The van der Waals surface area contributed by atoms with E-state index in [2.05, 4.69) is 52.8 Å². The number of carbonyl (C=O) groups is 2. The van der Waals surface area contributed by atoms with Gasteiger partial charge in [0.1, 0.15) is 0 Å². The number of fused-ring (bicyclic) bond motifs is 1. The predicted molar refractivity (Wildman–Crippen MR) is 139 cm³/mol. The van der Waals surface area contributed by atoms with E-state index in [1.807, 2.05) is 42.5 Å². The SMILES string of the molecule is O=C(CCN1CCSC1=O)NCC(c1ccccc1)c1c(-c2ccccc2)[nH]c2ccccc12. The molecule has 1 unspecified atom stereocenters. The zero-order chi connectivity index (χ0) is 23.3. The summed E-state index contributed by atoms with van der Waals surface area (Å²) in [5, 5.41) is 4.38. The first-order chi connectivity index (χ1) is 16.7. The molecule has 5 rings (SSSR count). The first kappa shape index (κ1) is 22.3. The maximum Gasteiger partial charge on any atom is 0.281 e. The van der Waals surface area contributed by atoms with Crippen molar-refractivity contribution in [3.8, 4) is 11.3 Å². The normalized spacial score (nSPS) is 14.5. The molecule has 1 aromatic heterocycles. The number of thioether (sulfide) groups is 1. The van der Waals surface area contributed by atoms with E-state index in [-0.39, 0.29) is 17.1 Å². The predicted octanol–water partition coefficient (Wildman–Crippen LogP) is 5.64. The fourth-order valence-corrected chi connectivity index (χ4v) is 5.45. The fourth-order valence-electron chi connectivity index (χ4n) is 4.60. The lowest BCUT2D eigenvalue weighted by molar-refractivity contribution is -0.121. The molecule has 172 valence electrons. The van der Waals surface area contributed by atoms with Crippen LogP contribution in [0.4, 0.5) is 4.79 Å². The van der Waals surface area contributed by atoms with Crippen molar-refractivity contribution in [2.75, 3.05) is 25.4 Å². The highest BCUT2D eigenvalue weighted by atomic mass is 32.2. The van der Waals surface area contributed by atoms with Crippen LogP contribution in [0.5, 0.6) is 0 Å². The highest BCUT2D eigenvalue weighted by Gasteiger charge is 2.25. The minimum Gasteiger partial charge on any atom is -0.355 e. The van der Waals surface area contributed by atoms with Crippen molar-refractivity contribution in [1.29, 1.82) is 0 Å². The van der Waals surface area contributed by atoms with E-state index in [9.17, 15) is 9.59 Å². The molecule has 0 radical (unpaired) electrons. The van der Waals surface area contributed by atoms with Crippen LogP contribution in [0.3, 0.4) is 0 Å². The summed E-state index contributed by atoms with van der Waals surface area (Å²) in [5.74, 6) is 0.742.